The van der Waals surface area contributed by atoms with E-state index in [0.717, 1.165) is 19.7 Å². The molecular weight excluding hydrogens is 270 g/mol. The summed E-state index contributed by atoms with van der Waals surface area (Å²) < 4.78 is 11.3. The summed E-state index contributed by atoms with van der Waals surface area (Å²) in [6.07, 6.45) is 1.85. The number of hydrogen-bond acceptors (Lipinski definition) is 6. The second-order valence-corrected chi connectivity index (χ2v) is 6.61. The zero-order chi connectivity index (χ0) is 15.0. The number of nitrogens with zero attached hydrogens (tertiary/aromatic N) is 3. The van der Waals surface area contributed by atoms with Crippen LogP contribution in [0, 0.1) is 5.92 Å². The summed E-state index contributed by atoms with van der Waals surface area (Å²) >= 11 is 0. The monoisotopic (exact) mass is 295 g/mol. The van der Waals surface area contributed by atoms with E-state index in [1.165, 1.54) is 12.8 Å². The molecule has 0 aliphatic carbocycles. The van der Waals surface area contributed by atoms with E-state index in [2.05, 4.69) is 15.0 Å². The topological polar surface area (TPSA) is 71.6 Å². The number of aromatic nitrogens is 2. The molecule has 2 saturated heterocycles. The SMILES string of the molecule is CC(C)C(c1nc(C2CN3CCCC3CO2)no1)C(C)O. The molecule has 4 atom stereocenters. The first kappa shape index (κ1) is 14.9. The minimum atomic E-state index is -0.506. The summed E-state index contributed by atoms with van der Waals surface area (Å²) in [6.45, 7) is 8.58. The van der Waals surface area contributed by atoms with Gasteiger partial charge in [0.05, 0.1) is 18.6 Å². The van der Waals surface area contributed by atoms with Crippen LogP contribution >= 0.6 is 0 Å². The molecule has 0 spiro atoms. The lowest BCUT2D eigenvalue weighted by molar-refractivity contribution is -0.0548. The first-order chi connectivity index (χ1) is 10.1. The second kappa shape index (κ2) is 6.02. The molecule has 118 valence electrons. The van der Waals surface area contributed by atoms with Crippen molar-refractivity contribution in [1.29, 1.82) is 0 Å². The third-order valence-electron chi connectivity index (χ3n) is 4.66. The van der Waals surface area contributed by atoms with Crippen molar-refractivity contribution in [2.45, 2.75) is 57.8 Å². The largest absolute Gasteiger partial charge is 0.393 e. The molecule has 4 unspecified atom stereocenters. The number of ether oxygens (including phenoxy) is 1. The van der Waals surface area contributed by atoms with E-state index in [4.69, 9.17) is 9.26 Å². The highest BCUT2D eigenvalue weighted by molar-refractivity contribution is 5.02. The third-order valence-corrected chi connectivity index (χ3v) is 4.66. The summed E-state index contributed by atoms with van der Waals surface area (Å²) in [5, 5.41) is 14.0. The van der Waals surface area contributed by atoms with E-state index >= 15 is 0 Å². The molecule has 21 heavy (non-hydrogen) atoms. The molecule has 0 bridgehead atoms. The Morgan fingerprint density at radius 1 is 1.33 bits per heavy atom. The highest BCUT2D eigenvalue weighted by Gasteiger charge is 2.36. The molecule has 6 heteroatoms. The Labute approximate surface area is 125 Å². The van der Waals surface area contributed by atoms with Crippen molar-refractivity contribution < 1.29 is 14.4 Å². The van der Waals surface area contributed by atoms with Gasteiger partial charge in [0.2, 0.25) is 11.7 Å². The van der Waals surface area contributed by atoms with Crippen molar-refractivity contribution in [3.63, 3.8) is 0 Å². The van der Waals surface area contributed by atoms with Crippen molar-refractivity contribution in [3.05, 3.63) is 11.7 Å². The third kappa shape index (κ3) is 2.98. The zero-order valence-electron chi connectivity index (χ0n) is 13.0. The van der Waals surface area contributed by atoms with Crippen molar-refractivity contribution in [2.24, 2.45) is 5.92 Å². The smallest absolute Gasteiger partial charge is 0.232 e. The predicted molar refractivity (Wildman–Crippen MR) is 76.8 cm³/mol. The highest BCUT2D eigenvalue weighted by atomic mass is 16.5. The fourth-order valence-electron chi connectivity index (χ4n) is 3.54. The summed E-state index contributed by atoms with van der Waals surface area (Å²) in [5.41, 5.74) is 0. The Hall–Kier alpha value is -0.980. The van der Waals surface area contributed by atoms with Crippen LogP contribution in [0.3, 0.4) is 0 Å². The lowest BCUT2D eigenvalue weighted by atomic mass is 9.91. The Morgan fingerprint density at radius 2 is 2.14 bits per heavy atom. The lowest BCUT2D eigenvalue weighted by Gasteiger charge is -2.33. The van der Waals surface area contributed by atoms with Gasteiger partial charge >= 0.3 is 0 Å². The maximum atomic E-state index is 9.91. The molecule has 1 aromatic heterocycles. The van der Waals surface area contributed by atoms with Crippen LogP contribution in [0.2, 0.25) is 0 Å². The highest BCUT2D eigenvalue weighted by Crippen LogP contribution is 2.31. The molecule has 0 saturated carbocycles. The van der Waals surface area contributed by atoms with Crippen LogP contribution in [0.1, 0.15) is 57.3 Å². The standard InChI is InChI=1S/C15H25N3O3/c1-9(2)13(10(3)19)15-16-14(17-21-15)12-7-18-6-4-5-11(18)8-20-12/h9-13,19H,4-8H2,1-3H3. The van der Waals surface area contributed by atoms with Gasteiger partial charge in [-0.3, -0.25) is 4.90 Å². The van der Waals surface area contributed by atoms with Crippen molar-refractivity contribution in [2.75, 3.05) is 19.7 Å². The molecule has 0 radical (unpaired) electrons. The van der Waals surface area contributed by atoms with Gasteiger partial charge in [0.25, 0.3) is 0 Å². The fraction of sp³-hybridized carbons (Fsp3) is 0.867. The quantitative estimate of drug-likeness (QED) is 0.912. The van der Waals surface area contributed by atoms with Crippen molar-refractivity contribution in [1.82, 2.24) is 15.0 Å². The van der Waals surface area contributed by atoms with Crippen molar-refractivity contribution >= 4 is 0 Å². The van der Waals surface area contributed by atoms with Crippen LogP contribution in [0.5, 0.6) is 0 Å². The number of morpholine rings is 1. The number of hydrogen-bond donors (Lipinski definition) is 1. The van der Waals surface area contributed by atoms with Gasteiger partial charge in [0.1, 0.15) is 6.10 Å². The summed E-state index contributed by atoms with van der Waals surface area (Å²) in [6, 6.07) is 0.563. The van der Waals surface area contributed by atoms with E-state index in [0.29, 0.717) is 17.8 Å². The molecule has 2 aliphatic rings. The Morgan fingerprint density at radius 3 is 2.86 bits per heavy atom. The zero-order valence-corrected chi connectivity index (χ0v) is 13.0. The number of fused-ring (bicyclic) bond motifs is 1. The average Bonchev–Trinajstić information content (AvgIpc) is 3.05. The van der Waals surface area contributed by atoms with Crippen LogP contribution in [0.4, 0.5) is 0 Å². The second-order valence-electron chi connectivity index (χ2n) is 6.61. The van der Waals surface area contributed by atoms with Crippen LogP contribution in [0.15, 0.2) is 4.52 Å². The number of aliphatic hydroxyl groups is 1. The van der Waals surface area contributed by atoms with Gasteiger partial charge in [-0.1, -0.05) is 19.0 Å². The Bertz CT molecular complexity index is 466. The van der Waals surface area contributed by atoms with E-state index in [9.17, 15) is 5.11 Å². The van der Waals surface area contributed by atoms with Gasteiger partial charge in [0.15, 0.2) is 0 Å². The van der Waals surface area contributed by atoms with Gasteiger partial charge in [-0.25, -0.2) is 0 Å². The first-order valence-corrected chi connectivity index (χ1v) is 7.93. The molecule has 1 aromatic rings. The van der Waals surface area contributed by atoms with Gasteiger partial charge in [0, 0.05) is 12.6 Å². The van der Waals surface area contributed by atoms with Gasteiger partial charge in [-0.2, -0.15) is 4.98 Å². The summed E-state index contributed by atoms with van der Waals surface area (Å²) in [4.78, 5) is 6.96. The van der Waals surface area contributed by atoms with Crippen LogP contribution in [0.25, 0.3) is 0 Å². The molecule has 0 amide bonds. The van der Waals surface area contributed by atoms with E-state index in [-0.39, 0.29) is 17.9 Å². The molecule has 3 rings (SSSR count). The van der Waals surface area contributed by atoms with E-state index < -0.39 is 6.10 Å². The summed E-state index contributed by atoms with van der Waals surface area (Å²) in [7, 11) is 0. The van der Waals surface area contributed by atoms with E-state index in [1.807, 2.05) is 13.8 Å². The maximum Gasteiger partial charge on any atom is 0.232 e. The Kier molecular flexibility index (Phi) is 4.28. The minimum Gasteiger partial charge on any atom is -0.393 e. The van der Waals surface area contributed by atoms with Gasteiger partial charge in [-0.05, 0) is 32.2 Å². The van der Waals surface area contributed by atoms with Crippen LogP contribution < -0.4 is 0 Å². The number of rotatable bonds is 4. The molecule has 2 fully saturated rings. The molecule has 1 N–H and O–H groups in total. The normalized spacial score (nSPS) is 29.6. The van der Waals surface area contributed by atoms with Gasteiger partial charge in [-0.15, -0.1) is 0 Å². The minimum absolute atomic E-state index is 0.112. The molecule has 3 heterocycles. The number of aliphatic hydroxyl groups excluding tert-OH is 1. The van der Waals surface area contributed by atoms with Crippen LogP contribution in [-0.2, 0) is 4.74 Å². The predicted octanol–water partition coefficient (Wildman–Crippen LogP) is 1.73. The molecule has 2 aliphatic heterocycles. The molecule has 6 nitrogen and oxygen atoms in total. The van der Waals surface area contributed by atoms with Gasteiger partial charge < -0.3 is 14.4 Å². The lowest BCUT2D eigenvalue weighted by Crippen LogP contribution is -2.42. The molecule has 0 aromatic carbocycles. The van der Waals surface area contributed by atoms with E-state index in [1.54, 1.807) is 6.92 Å². The fourth-order valence-corrected chi connectivity index (χ4v) is 3.54. The molecular formula is C15H25N3O3. The van der Waals surface area contributed by atoms with Crippen LogP contribution in [-0.4, -0.2) is 52.0 Å². The summed E-state index contributed by atoms with van der Waals surface area (Å²) in [5.74, 6) is 1.24. The first-order valence-electron chi connectivity index (χ1n) is 7.93. The maximum absolute atomic E-state index is 9.91. The Balaban J connectivity index is 1.72. The average molecular weight is 295 g/mol. The van der Waals surface area contributed by atoms with Crippen molar-refractivity contribution in [3.8, 4) is 0 Å².